The van der Waals surface area contributed by atoms with Crippen LogP contribution in [0.5, 0.6) is 0 Å². The summed E-state index contributed by atoms with van der Waals surface area (Å²) < 4.78 is 28.2. The number of carbonyl (C=O) groups is 2. The second-order valence-corrected chi connectivity index (χ2v) is 11.1. The minimum Gasteiger partial charge on any atom is -0.385 e. The molecule has 0 aliphatic carbocycles. The molecule has 0 aliphatic heterocycles. The Bertz CT molecular complexity index is 1550. The highest BCUT2D eigenvalue weighted by Gasteiger charge is 2.27. The predicted molar refractivity (Wildman–Crippen MR) is 167 cm³/mol. The molecular weight excluding hydrogens is 560 g/mol. The molecule has 0 saturated carbocycles. The molecule has 0 unspecified atom stereocenters. The number of rotatable bonds is 13. The number of nitrogens with zero attached hydrogens (tertiary/aromatic N) is 2. The first-order chi connectivity index (χ1) is 21.2. The molecule has 0 aliphatic rings. The Morgan fingerprint density at radius 2 is 1.50 bits per heavy atom. The number of hydrogen-bond donors (Lipinski definition) is 2. The Labute approximate surface area is 257 Å². The van der Waals surface area contributed by atoms with Crippen molar-refractivity contribution in [2.45, 2.75) is 58.6 Å². The summed E-state index contributed by atoms with van der Waals surface area (Å²) in [6, 6.07) is 20.6. The third-order valence-electron chi connectivity index (χ3n) is 7.34. The number of aromatic nitrogens is 1. The van der Waals surface area contributed by atoms with Crippen LogP contribution in [0.1, 0.15) is 81.5 Å². The second kappa shape index (κ2) is 15.3. The molecule has 3 aromatic carbocycles. The smallest absolute Gasteiger partial charge is 0.253 e. The lowest BCUT2D eigenvalue weighted by atomic mass is 9.96. The van der Waals surface area contributed by atoms with E-state index in [0.717, 1.165) is 35.6 Å². The highest BCUT2D eigenvalue weighted by atomic mass is 19.1. The number of nitrogens with one attached hydrogen (secondary N) is 1. The maximum atomic E-state index is 14.1. The van der Waals surface area contributed by atoms with Gasteiger partial charge in [-0.1, -0.05) is 44.2 Å². The van der Waals surface area contributed by atoms with E-state index in [9.17, 15) is 23.5 Å². The standard InChI is InChI=1S/C36H39F2N3O3/c1-4-13-41(14-5-2)36(44)29-16-24(3)15-28(22-29)35(43)40-33(21-27-18-30(37)23-31(38)19-27)34(42)32-20-26(11-12-39-32)17-25-9-7-6-8-10-25/h6-12,15-16,18-20,22-23,33-34,42H,4-5,13-14,17,21H2,1-3H3,(H,40,43)/t33-,34+/m0/s1. The van der Waals surface area contributed by atoms with Gasteiger partial charge in [0, 0.05) is 36.5 Å². The second-order valence-electron chi connectivity index (χ2n) is 11.1. The SMILES string of the molecule is CCCN(CCC)C(=O)c1cc(C)cc(C(=O)N[C@@H](Cc2cc(F)cc(F)c2)[C@H](O)c2cc(Cc3ccccc3)ccn2)c1. The van der Waals surface area contributed by atoms with Crippen LogP contribution in [-0.4, -0.2) is 45.9 Å². The Hall–Kier alpha value is -4.43. The third-order valence-corrected chi connectivity index (χ3v) is 7.34. The maximum Gasteiger partial charge on any atom is 0.253 e. The summed E-state index contributed by atoms with van der Waals surface area (Å²) in [7, 11) is 0. The summed E-state index contributed by atoms with van der Waals surface area (Å²) in [6.45, 7) is 7.04. The molecule has 0 radical (unpaired) electrons. The fraction of sp³-hybridized carbons (Fsp3) is 0.306. The highest BCUT2D eigenvalue weighted by molar-refractivity contribution is 6.00. The number of aryl methyl sites for hydroxylation is 1. The monoisotopic (exact) mass is 599 g/mol. The lowest BCUT2D eigenvalue weighted by Crippen LogP contribution is -2.41. The maximum absolute atomic E-state index is 14.1. The molecule has 4 aromatic rings. The zero-order chi connectivity index (χ0) is 31.6. The number of halogens is 2. The topological polar surface area (TPSA) is 82.5 Å². The first-order valence-electron chi connectivity index (χ1n) is 15.0. The van der Waals surface area contributed by atoms with Gasteiger partial charge in [-0.15, -0.1) is 0 Å². The highest BCUT2D eigenvalue weighted by Crippen LogP contribution is 2.23. The van der Waals surface area contributed by atoms with Gasteiger partial charge >= 0.3 is 0 Å². The van der Waals surface area contributed by atoms with Crippen LogP contribution in [0.25, 0.3) is 0 Å². The fourth-order valence-electron chi connectivity index (χ4n) is 5.35. The van der Waals surface area contributed by atoms with Crippen molar-refractivity contribution in [2.24, 2.45) is 0 Å². The Balaban J connectivity index is 1.63. The van der Waals surface area contributed by atoms with Gasteiger partial charge in [-0.3, -0.25) is 14.6 Å². The van der Waals surface area contributed by atoms with Crippen molar-refractivity contribution in [1.29, 1.82) is 0 Å². The van der Waals surface area contributed by atoms with Crippen LogP contribution in [0, 0.1) is 18.6 Å². The first-order valence-corrected chi connectivity index (χ1v) is 15.0. The molecule has 44 heavy (non-hydrogen) atoms. The van der Waals surface area contributed by atoms with Gasteiger partial charge in [0.2, 0.25) is 0 Å². The minimum absolute atomic E-state index is 0.0649. The molecule has 2 amide bonds. The van der Waals surface area contributed by atoms with Crippen LogP contribution < -0.4 is 5.32 Å². The van der Waals surface area contributed by atoms with Crippen LogP contribution in [-0.2, 0) is 12.8 Å². The Morgan fingerprint density at radius 3 is 2.16 bits per heavy atom. The van der Waals surface area contributed by atoms with Gasteiger partial charge in [-0.05, 0) is 97.3 Å². The molecule has 230 valence electrons. The summed E-state index contributed by atoms with van der Waals surface area (Å²) in [4.78, 5) is 33.1. The van der Waals surface area contributed by atoms with Gasteiger partial charge in [-0.25, -0.2) is 8.78 Å². The van der Waals surface area contributed by atoms with Crippen molar-refractivity contribution in [3.63, 3.8) is 0 Å². The van der Waals surface area contributed by atoms with Gasteiger partial charge in [0.1, 0.15) is 17.7 Å². The molecule has 6 nitrogen and oxygen atoms in total. The van der Waals surface area contributed by atoms with Gasteiger partial charge in [0.25, 0.3) is 11.8 Å². The van der Waals surface area contributed by atoms with Gasteiger partial charge in [-0.2, -0.15) is 0 Å². The van der Waals surface area contributed by atoms with Crippen LogP contribution in [0.4, 0.5) is 8.78 Å². The first kappa shape index (κ1) is 32.5. The quantitative estimate of drug-likeness (QED) is 0.182. The average molecular weight is 600 g/mol. The average Bonchev–Trinajstić information content (AvgIpc) is 2.99. The third kappa shape index (κ3) is 8.80. The summed E-state index contributed by atoms with van der Waals surface area (Å²) >= 11 is 0. The molecule has 8 heteroatoms. The van der Waals surface area contributed by atoms with Crippen molar-refractivity contribution in [3.8, 4) is 0 Å². The largest absolute Gasteiger partial charge is 0.385 e. The van der Waals surface area contributed by atoms with Crippen LogP contribution in [0.3, 0.4) is 0 Å². The van der Waals surface area contributed by atoms with Gasteiger partial charge < -0.3 is 15.3 Å². The molecule has 1 heterocycles. The molecule has 4 rings (SSSR count). The summed E-state index contributed by atoms with van der Waals surface area (Å²) in [6.07, 6.45) is 2.47. The fourth-order valence-corrected chi connectivity index (χ4v) is 5.35. The van der Waals surface area contributed by atoms with Crippen LogP contribution in [0.2, 0.25) is 0 Å². The number of amides is 2. The van der Waals surface area contributed by atoms with Crippen molar-refractivity contribution < 1.29 is 23.5 Å². The van der Waals surface area contributed by atoms with E-state index in [0.29, 0.717) is 30.8 Å². The van der Waals surface area contributed by atoms with E-state index in [-0.39, 0.29) is 23.5 Å². The minimum atomic E-state index is -1.29. The number of aliphatic hydroxyl groups is 1. The van der Waals surface area contributed by atoms with Crippen LogP contribution in [0.15, 0.2) is 85.1 Å². The number of carbonyl (C=O) groups excluding carboxylic acids is 2. The van der Waals surface area contributed by atoms with E-state index in [4.69, 9.17) is 0 Å². The molecule has 2 N–H and O–H groups in total. The van der Waals surface area contributed by atoms with Crippen molar-refractivity contribution in [1.82, 2.24) is 15.2 Å². The van der Waals surface area contributed by atoms with E-state index in [2.05, 4.69) is 10.3 Å². The molecule has 0 saturated heterocycles. The Morgan fingerprint density at radius 1 is 0.841 bits per heavy atom. The van der Waals surface area contributed by atoms with E-state index in [1.165, 1.54) is 12.1 Å². The number of pyridine rings is 1. The van der Waals surface area contributed by atoms with E-state index < -0.39 is 29.7 Å². The normalized spacial score (nSPS) is 12.4. The molecule has 2 atom stereocenters. The number of hydrogen-bond acceptors (Lipinski definition) is 4. The zero-order valence-corrected chi connectivity index (χ0v) is 25.4. The summed E-state index contributed by atoms with van der Waals surface area (Å²) in [5.41, 5.74) is 3.95. The van der Waals surface area contributed by atoms with Crippen molar-refractivity contribution in [3.05, 3.63) is 136 Å². The lowest BCUT2D eigenvalue weighted by Gasteiger charge is -2.25. The van der Waals surface area contributed by atoms with Crippen LogP contribution >= 0.6 is 0 Å². The molecule has 0 bridgehead atoms. The van der Waals surface area contributed by atoms with E-state index >= 15 is 0 Å². The Kier molecular flexibility index (Phi) is 11.3. The molecule has 0 spiro atoms. The number of aliphatic hydroxyl groups excluding tert-OH is 1. The number of benzene rings is 3. The van der Waals surface area contributed by atoms with Crippen molar-refractivity contribution in [2.75, 3.05) is 13.1 Å². The zero-order valence-electron chi connectivity index (χ0n) is 25.4. The van der Waals surface area contributed by atoms with Crippen molar-refractivity contribution >= 4 is 11.8 Å². The van der Waals surface area contributed by atoms with Gasteiger partial charge in [0.05, 0.1) is 11.7 Å². The van der Waals surface area contributed by atoms with Gasteiger partial charge in [0.15, 0.2) is 0 Å². The van der Waals surface area contributed by atoms with E-state index in [1.54, 1.807) is 35.4 Å². The molecular formula is C36H39F2N3O3. The predicted octanol–water partition coefficient (Wildman–Crippen LogP) is 6.60. The van der Waals surface area contributed by atoms with E-state index in [1.807, 2.05) is 57.2 Å². The molecule has 1 aromatic heterocycles. The summed E-state index contributed by atoms with van der Waals surface area (Å²) in [5.74, 6) is -2.19. The lowest BCUT2D eigenvalue weighted by molar-refractivity contribution is 0.0755. The summed E-state index contributed by atoms with van der Waals surface area (Å²) in [5, 5.41) is 14.4. The molecule has 0 fully saturated rings.